The Bertz CT molecular complexity index is 305. The number of nitrogens with one attached hydrogen (secondary N) is 1. The van der Waals surface area contributed by atoms with Crippen molar-refractivity contribution in [2.75, 3.05) is 24.6 Å². The first-order valence-corrected chi connectivity index (χ1v) is 7.27. The lowest BCUT2D eigenvalue weighted by Gasteiger charge is -2.21. The number of thioether (sulfide) groups is 1. The molecular weight excluding hydrogens is 218 g/mol. The van der Waals surface area contributed by atoms with Gasteiger partial charge in [0, 0.05) is 31.9 Å². The van der Waals surface area contributed by atoms with E-state index in [4.69, 9.17) is 0 Å². The van der Waals surface area contributed by atoms with Crippen LogP contribution in [-0.4, -0.2) is 34.4 Å². The van der Waals surface area contributed by atoms with E-state index in [1.807, 2.05) is 17.9 Å². The van der Waals surface area contributed by atoms with Crippen LogP contribution in [0, 0.1) is 5.92 Å². The molecule has 0 amide bonds. The second kappa shape index (κ2) is 6.30. The molecule has 1 aliphatic heterocycles. The summed E-state index contributed by atoms with van der Waals surface area (Å²) in [6, 6.07) is 2.10. The first kappa shape index (κ1) is 12.0. The van der Waals surface area contributed by atoms with Crippen molar-refractivity contribution in [1.29, 1.82) is 0 Å². The van der Waals surface area contributed by atoms with E-state index < -0.39 is 0 Å². The highest BCUT2D eigenvalue weighted by Crippen LogP contribution is 2.21. The Morgan fingerprint density at radius 3 is 3.00 bits per heavy atom. The van der Waals surface area contributed by atoms with Crippen LogP contribution in [0.3, 0.4) is 0 Å². The van der Waals surface area contributed by atoms with E-state index in [2.05, 4.69) is 28.2 Å². The molecule has 0 spiro atoms. The maximum absolute atomic E-state index is 4.17. The van der Waals surface area contributed by atoms with Gasteiger partial charge in [-0.3, -0.25) is 4.68 Å². The maximum atomic E-state index is 4.17. The lowest BCUT2D eigenvalue weighted by atomic mass is 10.0. The molecule has 0 saturated carbocycles. The Balaban J connectivity index is 1.59. The number of aryl methyl sites for hydroxylation is 1. The minimum absolute atomic E-state index is 0.910. The van der Waals surface area contributed by atoms with Gasteiger partial charge in [0.15, 0.2) is 0 Å². The van der Waals surface area contributed by atoms with Gasteiger partial charge in [-0.1, -0.05) is 0 Å². The average Bonchev–Trinajstić information content (AvgIpc) is 2.72. The number of hydrogen-bond acceptors (Lipinski definition) is 3. The normalized spacial score (nSPS) is 17.8. The highest BCUT2D eigenvalue weighted by atomic mass is 32.2. The predicted octanol–water partition coefficient (Wildman–Crippen LogP) is 1.70. The Hall–Kier alpha value is -0.480. The van der Waals surface area contributed by atoms with E-state index in [1.54, 1.807) is 0 Å². The minimum atomic E-state index is 0.910. The molecule has 16 heavy (non-hydrogen) atoms. The molecule has 3 nitrogen and oxygen atoms in total. The Labute approximate surface area is 102 Å². The average molecular weight is 239 g/mol. The topological polar surface area (TPSA) is 29.9 Å². The molecule has 1 aromatic heterocycles. The summed E-state index contributed by atoms with van der Waals surface area (Å²) in [5.41, 5.74) is 1.31. The molecule has 1 saturated heterocycles. The fraction of sp³-hybridized carbons (Fsp3) is 0.750. The largest absolute Gasteiger partial charge is 0.316 e. The van der Waals surface area contributed by atoms with Gasteiger partial charge in [-0.15, -0.1) is 0 Å². The molecule has 1 aliphatic rings. The molecule has 2 rings (SSSR count). The number of nitrogens with zero attached hydrogens (tertiary/aromatic N) is 2. The molecule has 0 aliphatic carbocycles. The first-order valence-electron chi connectivity index (χ1n) is 6.11. The highest BCUT2D eigenvalue weighted by molar-refractivity contribution is 7.99. The second-order valence-electron chi connectivity index (χ2n) is 4.46. The molecule has 90 valence electrons. The standard InChI is InChI=1S/C12H21N3S/c1-15-12(3-7-14-15)2-6-13-10-11-4-8-16-9-5-11/h3,7,11,13H,2,4-6,8-10H2,1H3. The van der Waals surface area contributed by atoms with Gasteiger partial charge in [0.2, 0.25) is 0 Å². The summed E-state index contributed by atoms with van der Waals surface area (Å²) in [7, 11) is 2.01. The summed E-state index contributed by atoms with van der Waals surface area (Å²) in [6.07, 6.45) is 5.73. The molecular formula is C12H21N3S. The highest BCUT2D eigenvalue weighted by Gasteiger charge is 2.12. The Kier molecular flexibility index (Phi) is 4.72. The smallest absolute Gasteiger partial charge is 0.0492 e. The first-order chi connectivity index (χ1) is 7.86. The van der Waals surface area contributed by atoms with Crippen LogP contribution in [0.25, 0.3) is 0 Å². The van der Waals surface area contributed by atoms with Crippen LogP contribution in [-0.2, 0) is 13.5 Å². The third-order valence-electron chi connectivity index (χ3n) is 3.25. The SMILES string of the molecule is Cn1nccc1CCNCC1CCSCC1. The van der Waals surface area contributed by atoms with E-state index in [1.165, 1.54) is 36.6 Å². The van der Waals surface area contributed by atoms with Crippen molar-refractivity contribution in [3.63, 3.8) is 0 Å². The third-order valence-corrected chi connectivity index (χ3v) is 4.30. The van der Waals surface area contributed by atoms with Crippen LogP contribution in [0.4, 0.5) is 0 Å². The Morgan fingerprint density at radius 2 is 2.31 bits per heavy atom. The second-order valence-corrected chi connectivity index (χ2v) is 5.68. The van der Waals surface area contributed by atoms with Crippen LogP contribution >= 0.6 is 11.8 Å². The van der Waals surface area contributed by atoms with Crippen molar-refractivity contribution in [1.82, 2.24) is 15.1 Å². The van der Waals surface area contributed by atoms with Crippen molar-refractivity contribution in [2.45, 2.75) is 19.3 Å². The van der Waals surface area contributed by atoms with Crippen molar-refractivity contribution < 1.29 is 0 Å². The third kappa shape index (κ3) is 3.52. The predicted molar refractivity (Wildman–Crippen MR) is 69.8 cm³/mol. The maximum Gasteiger partial charge on any atom is 0.0492 e. The number of rotatable bonds is 5. The van der Waals surface area contributed by atoms with Crippen LogP contribution in [0.15, 0.2) is 12.3 Å². The van der Waals surface area contributed by atoms with E-state index >= 15 is 0 Å². The summed E-state index contributed by atoms with van der Waals surface area (Å²) < 4.78 is 1.96. The summed E-state index contributed by atoms with van der Waals surface area (Å²) in [4.78, 5) is 0. The van der Waals surface area contributed by atoms with Gasteiger partial charge in [0.25, 0.3) is 0 Å². The quantitative estimate of drug-likeness (QED) is 0.793. The molecule has 0 unspecified atom stereocenters. The fourth-order valence-corrected chi connectivity index (χ4v) is 3.32. The van der Waals surface area contributed by atoms with E-state index in [0.29, 0.717) is 0 Å². The zero-order valence-electron chi connectivity index (χ0n) is 9.98. The molecule has 0 aromatic carbocycles. The summed E-state index contributed by atoms with van der Waals surface area (Å²) in [6.45, 7) is 2.27. The van der Waals surface area contributed by atoms with E-state index in [0.717, 1.165) is 18.9 Å². The van der Waals surface area contributed by atoms with Gasteiger partial charge in [-0.25, -0.2) is 0 Å². The number of hydrogen-bond donors (Lipinski definition) is 1. The van der Waals surface area contributed by atoms with E-state index in [-0.39, 0.29) is 0 Å². The van der Waals surface area contributed by atoms with Gasteiger partial charge in [0.1, 0.15) is 0 Å². The molecule has 0 bridgehead atoms. The molecule has 1 fully saturated rings. The zero-order chi connectivity index (χ0) is 11.2. The van der Waals surface area contributed by atoms with Crippen LogP contribution in [0.5, 0.6) is 0 Å². The molecule has 2 heterocycles. The number of aromatic nitrogens is 2. The summed E-state index contributed by atoms with van der Waals surface area (Å²) >= 11 is 2.10. The Morgan fingerprint density at radius 1 is 1.50 bits per heavy atom. The van der Waals surface area contributed by atoms with Crippen LogP contribution in [0.1, 0.15) is 18.5 Å². The van der Waals surface area contributed by atoms with E-state index in [9.17, 15) is 0 Å². The van der Waals surface area contributed by atoms with Crippen molar-refractivity contribution in [3.05, 3.63) is 18.0 Å². The molecule has 1 N–H and O–H groups in total. The zero-order valence-corrected chi connectivity index (χ0v) is 10.8. The van der Waals surface area contributed by atoms with Crippen molar-refractivity contribution in [2.24, 2.45) is 13.0 Å². The molecule has 0 atom stereocenters. The molecule has 4 heteroatoms. The van der Waals surface area contributed by atoms with Gasteiger partial charge < -0.3 is 5.32 Å². The minimum Gasteiger partial charge on any atom is -0.316 e. The molecule has 0 radical (unpaired) electrons. The fourth-order valence-electron chi connectivity index (χ4n) is 2.12. The van der Waals surface area contributed by atoms with Crippen LogP contribution in [0.2, 0.25) is 0 Å². The van der Waals surface area contributed by atoms with Gasteiger partial charge >= 0.3 is 0 Å². The van der Waals surface area contributed by atoms with Gasteiger partial charge in [-0.05, 0) is 42.9 Å². The molecule has 1 aromatic rings. The summed E-state index contributed by atoms with van der Waals surface area (Å²) in [5, 5.41) is 7.74. The monoisotopic (exact) mass is 239 g/mol. The summed E-state index contributed by atoms with van der Waals surface area (Å²) in [5.74, 6) is 3.62. The van der Waals surface area contributed by atoms with Gasteiger partial charge in [-0.2, -0.15) is 16.9 Å². The lowest BCUT2D eigenvalue weighted by Crippen LogP contribution is -2.27. The van der Waals surface area contributed by atoms with Gasteiger partial charge in [0.05, 0.1) is 0 Å². The lowest BCUT2D eigenvalue weighted by molar-refractivity contribution is 0.448. The van der Waals surface area contributed by atoms with Crippen molar-refractivity contribution in [3.8, 4) is 0 Å². The van der Waals surface area contributed by atoms with Crippen molar-refractivity contribution >= 4 is 11.8 Å². The van der Waals surface area contributed by atoms with Crippen LogP contribution < -0.4 is 5.32 Å².